The van der Waals surface area contributed by atoms with Crippen LogP contribution in [0.25, 0.3) is 0 Å². The average molecular weight is 184 g/mol. The van der Waals surface area contributed by atoms with Crippen LogP contribution < -0.4 is 11.0 Å². The van der Waals surface area contributed by atoms with Crippen LogP contribution in [-0.4, -0.2) is 26.8 Å². The van der Waals surface area contributed by atoms with E-state index < -0.39 is 0 Å². The molecule has 1 rings (SSSR count). The van der Waals surface area contributed by atoms with Crippen LogP contribution in [0.3, 0.4) is 0 Å². The summed E-state index contributed by atoms with van der Waals surface area (Å²) in [6, 6.07) is 0. The van der Waals surface area contributed by atoms with Gasteiger partial charge in [-0.25, -0.2) is 9.48 Å². The lowest BCUT2D eigenvalue weighted by Gasteiger charge is -1.99. The Labute approximate surface area is 75.2 Å². The first-order valence-corrected chi connectivity index (χ1v) is 4.00. The Morgan fingerprint density at radius 3 is 2.85 bits per heavy atom. The second kappa shape index (κ2) is 3.88. The summed E-state index contributed by atoms with van der Waals surface area (Å²) >= 11 is 0. The minimum absolute atomic E-state index is 0.0203. The number of amides is 1. The van der Waals surface area contributed by atoms with Gasteiger partial charge in [-0.05, 0) is 6.92 Å². The number of rotatable bonds is 3. The first-order chi connectivity index (χ1) is 6.15. The Balaban J connectivity index is 2.69. The van der Waals surface area contributed by atoms with Gasteiger partial charge in [0, 0.05) is 13.6 Å². The summed E-state index contributed by atoms with van der Waals surface area (Å²) in [5.41, 5.74) is -0.286. The van der Waals surface area contributed by atoms with E-state index in [1.165, 1.54) is 10.9 Å². The molecule has 0 atom stereocenters. The van der Waals surface area contributed by atoms with Gasteiger partial charge in [0.25, 0.3) is 0 Å². The van der Waals surface area contributed by atoms with E-state index in [1.54, 1.807) is 7.05 Å². The molecule has 0 spiro atoms. The van der Waals surface area contributed by atoms with Crippen LogP contribution in [0.5, 0.6) is 0 Å². The SMILES string of the molecule is CCNC(=O)Cn1ncn(C)c1=O. The van der Waals surface area contributed by atoms with Gasteiger partial charge in [0.15, 0.2) is 0 Å². The quantitative estimate of drug-likeness (QED) is 0.636. The zero-order chi connectivity index (χ0) is 9.84. The zero-order valence-corrected chi connectivity index (χ0v) is 7.65. The van der Waals surface area contributed by atoms with E-state index in [9.17, 15) is 9.59 Å². The highest BCUT2D eigenvalue weighted by molar-refractivity contribution is 5.75. The van der Waals surface area contributed by atoms with Crippen LogP contribution in [-0.2, 0) is 18.4 Å². The fourth-order valence-electron chi connectivity index (χ4n) is 0.918. The maximum Gasteiger partial charge on any atom is 0.345 e. The third-order valence-corrected chi connectivity index (χ3v) is 1.55. The molecular formula is C7H12N4O2. The molecule has 0 aliphatic heterocycles. The van der Waals surface area contributed by atoms with Gasteiger partial charge >= 0.3 is 5.69 Å². The monoisotopic (exact) mass is 184 g/mol. The van der Waals surface area contributed by atoms with Gasteiger partial charge < -0.3 is 5.32 Å². The number of nitrogens with one attached hydrogen (secondary N) is 1. The molecule has 0 saturated carbocycles. The Morgan fingerprint density at radius 1 is 1.69 bits per heavy atom. The average Bonchev–Trinajstić information content (AvgIpc) is 2.37. The molecule has 13 heavy (non-hydrogen) atoms. The highest BCUT2D eigenvalue weighted by Crippen LogP contribution is 1.76. The predicted octanol–water partition coefficient (Wildman–Crippen LogP) is -1.28. The molecule has 72 valence electrons. The van der Waals surface area contributed by atoms with E-state index in [1.807, 2.05) is 6.92 Å². The second-order valence-electron chi connectivity index (χ2n) is 2.64. The van der Waals surface area contributed by atoms with E-state index in [0.717, 1.165) is 4.68 Å². The topological polar surface area (TPSA) is 68.9 Å². The van der Waals surface area contributed by atoms with Gasteiger partial charge in [0.1, 0.15) is 12.9 Å². The highest BCUT2D eigenvalue weighted by atomic mass is 16.2. The number of aryl methyl sites for hydroxylation is 1. The van der Waals surface area contributed by atoms with Crippen molar-refractivity contribution in [3.05, 3.63) is 16.8 Å². The Bertz CT molecular complexity index is 352. The minimum atomic E-state index is -0.286. The highest BCUT2D eigenvalue weighted by Gasteiger charge is 2.05. The molecule has 1 N–H and O–H groups in total. The largest absolute Gasteiger partial charge is 0.355 e. The molecule has 6 nitrogen and oxygen atoms in total. The summed E-state index contributed by atoms with van der Waals surface area (Å²) in [4.78, 5) is 22.2. The Morgan fingerprint density at radius 2 is 2.38 bits per heavy atom. The van der Waals surface area contributed by atoms with Gasteiger partial charge in [0.2, 0.25) is 5.91 Å². The van der Waals surface area contributed by atoms with Gasteiger partial charge in [-0.2, -0.15) is 5.10 Å². The maximum absolute atomic E-state index is 11.2. The number of hydrogen-bond donors (Lipinski definition) is 1. The minimum Gasteiger partial charge on any atom is -0.355 e. The predicted molar refractivity (Wildman–Crippen MR) is 46.2 cm³/mol. The molecule has 1 aromatic rings. The van der Waals surface area contributed by atoms with Gasteiger partial charge in [-0.15, -0.1) is 0 Å². The molecule has 0 aliphatic rings. The van der Waals surface area contributed by atoms with Crippen molar-refractivity contribution < 1.29 is 4.79 Å². The molecule has 0 radical (unpaired) electrons. The summed E-state index contributed by atoms with van der Waals surface area (Å²) in [5.74, 6) is -0.205. The van der Waals surface area contributed by atoms with Crippen LogP contribution in [0.2, 0.25) is 0 Å². The number of carbonyl (C=O) groups is 1. The summed E-state index contributed by atoms with van der Waals surface area (Å²) in [6.07, 6.45) is 1.38. The maximum atomic E-state index is 11.2. The van der Waals surface area contributed by atoms with Gasteiger partial charge in [-0.3, -0.25) is 9.36 Å². The molecule has 0 aromatic carbocycles. The number of nitrogens with zero attached hydrogens (tertiary/aromatic N) is 3. The zero-order valence-electron chi connectivity index (χ0n) is 7.65. The van der Waals surface area contributed by atoms with Crippen molar-refractivity contribution in [1.29, 1.82) is 0 Å². The summed E-state index contributed by atoms with van der Waals surface area (Å²) in [7, 11) is 1.59. The van der Waals surface area contributed by atoms with Crippen molar-refractivity contribution in [2.75, 3.05) is 6.54 Å². The van der Waals surface area contributed by atoms with Crippen molar-refractivity contribution in [1.82, 2.24) is 19.7 Å². The van der Waals surface area contributed by atoms with Crippen molar-refractivity contribution >= 4 is 5.91 Å². The molecule has 1 aromatic heterocycles. The van der Waals surface area contributed by atoms with E-state index >= 15 is 0 Å². The smallest absolute Gasteiger partial charge is 0.345 e. The molecule has 0 saturated heterocycles. The lowest BCUT2D eigenvalue weighted by Crippen LogP contribution is -2.33. The van der Waals surface area contributed by atoms with Crippen molar-refractivity contribution in [2.45, 2.75) is 13.5 Å². The second-order valence-corrected chi connectivity index (χ2v) is 2.64. The van der Waals surface area contributed by atoms with E-state index in [-0.39, 0.29) is 18.1 Å². The van der Waals surface area contributed by atoms with Crippen LogP contribution in [0.4, 0.5) is 0 Å². The molecule has 0 unspecified atom stereocenters. The molecule has 0 aliphatic carbocycles. The molecule has 6 heteroatoms. The normalized spacial score (nSPS) is 10.0. The fraction of sp³-hybridized carbons (Fsp3) is 0.571. The summed E-state index contributed by atoms with van der Waals surface area (Å²) in [6.45, 7) is 2.35. The Hall–Kier alpha value is -1.59. The first-order valence-electron chi connectivity index (χ1n) is 4.00. The van der Waals surface area contributed by atoms with Crippen LogP contribution in [0.1, 0.15) is 6.92 Å². The molecule has 1 heterocycles. The van der Waals surface area contributed by atoms with Crippen molar-refractivity contribution in [2.24, 2.45) is 7.05 Å². The third-order valence-electron chi connectivity index (χ3n) is 1.55. The van der Waals surface area contributed by atoms with Crippen LogP contribution in [0.15, 0.2) is 11.1 Å². The van der Waals surface area contributed by atoms with E-state index in [4.69, 9.17) is 0 Å². The molecule has 0 bridgehead atoms. The van der Waals surface area contributed by atoms with Crippen LogP contribution >= 0.6 is 0 Å². The number of likely N-dealkylation sites (N-methyl/N-ethyl adjacent to an activating group) is 1. The number of hydrogen-bond acceptors (Lipinski definition) is 3. The van der Waals surface area contributed by atoms with Gasteiger partial charge in [-0.1, -0.05) is 0 Å². The number of carbonyl (C=O) groups excluding carboxylic acids is 1. The molecular weight excluding hydrogens is 172 g/mol. The summed E-state index contributed by atoms with van der Waals surface area (Å²) in [5, 5.41) is 6.33. The lowest BCUT2D eigenvalue weighted by molar-refractivity contribution is -0.121. The van der Waals surface area contributed by atoms with Crippen molar-refractivity contribution in [3.63, 3.8) is 0 Å². The Kier molecular flexibility index (Phi) is 2.84. The van der Waals surface area contributed by atoms with Gasteiger partial charge in [0.05, 0.1) is 0 Å². The fourth-order valence-corrected chi connectivity index (χ4v) is 0.918. The van der Waals surface area contributed by atoms with E-state index in [2.05, 4.69) is 10.4 Å². The first kappa shape index (κ1) is 9.50. The molecule has 0 fully saturated rings. The number of aromatic nitrogens is 3. The van der Waals surface area contributed by atoms with E-state index in [0.29, 0.717) is 6.54 Å². The lowest BCUT2D eigenvalue weighted by atomic mass is 10.5. The molecule has 1 amide bonds. The third kappa shape index (κ3) is 2.17. The van der Waals surface area contributed by atoms with Crippen LogP contribution in [0, 0.1) is 0 Å². The standard InChI is InChI=1S/C7H12N4O2/c1-3-8-6(12)4-11-7(13)10(2)5-9-11/h5H,3-4H2,1-2H3,(H,8,12). The summed E-state index contributed by atoms with van der Waals surface area (Å²) < 4.78 is 2.43. The van der Waals surface area contributed by atoms with Crippen molar-refractivity contribution in [3.8, 4) is 0 Å².